The first kappa shape index (κ1) is 13.7. The molecule has 1 aromatic carbocycles. The van der Waals surface area contributed by atoms with Crippen molar-refractivity contribution in [2.75, 3.05) is 0 Å². The van der Waals surface area contributed by atoms with Crippen molar-refractivity contribution >= 4 is 15.9 Å². The van der Waals surface area contributed by atoms with E-state index in [0.29, 0.717) is 15.7 Å². The van der Waals surface area contributed by atoms with Gasteiger partial charge in [0.25, 0.3) is 5.56 Å². The molecule has 1 heterocycles. The van der Waals surface area contributed by atoms with Crippen LogP contribution >= 0.6 is 15.9 Å². The van der Waals surface area contributed by atoms with Crippen molar-refractivity contribution in [3.05, 3.63) is 44.5 Å². The lowest BCUT2D eigenvalue weighted by Gasteiger charge is -2.09. The summed E-state index contributed by atoms with van der Waals surface area (Å²) in [6.07, 6.45) is 0. The van der Waals surface area contributed by atoms with E-state index in [-0.39, 0.29) is 17.3 Å². The first-order valence-corrected chi connectivity index (χ1v) is 6.48. The fraction of sp³-hybridized carbons (Fsp3) is 0.231. The van der Waals surface area contributed by atoms with Gasteiger partial charge in [0.2, 0.25) is 0 Å². The highest BCUT2D eigenvalue weighted by Gasteiger charge is 2.14. The molecule has 0 saturated carbocycles. The molecular weight excluding hydrogens is 315 g/mol. The van der Waals surface area contributed by atoms with Gasteiger partial charge in [-0.25, -0.2) is 9.37 Å². The number of aromatic nitrogens is 2. The zero-order chi connectivity index (χ0) is 14.2. The van der Waals surface area contributed by atoms with E-state index in [4.69, 9.17) is 5.11 Å². The molecule has 0 fully saturated rings. The van der Waals surface area contributed by atoms with Gasteiger partial charge in [0.15, 0.2) is 11.6 Å². The van der Waals surface area contributed by atoms with Gasteiger partial charge in [-0.05, 0) is 40.0 Å². The molecule has 6 heteroatoms. The third-order valence-corrected chi connectivity index (χ3v) is 3.42. The highest BCUT2D eigenvalue weighted by atomic mass is 79.9. The molecule has 2 N–H and O–H groups in total. The van der Waals surface area contributed by atoms with Crippen molar-refractivity contribution in [2.24, 2.45) is 0 Å². The zero-order valence-corrected chi connectivity index (χ0v) is 12.0. The van der Waals surface area contributed by atoms with Crippen LogP contribution in [0.4, 0.5) is 4.39 Å². The molecule has 1 aromatic heterocycles. The van der Waals surface area contributed by atoms with Gasteiger partial charge in [-0.1, -0.05) is 13.8 Å². The van der Waals surface area contributed by atoms with Crippen LogP contribution in [0.1, 0.15) is 25.5 Å². The Morgan fingerprint density at radius 3 is 2.68 bits per heavy atom. The number of rotatable bonds is 2. The molecule has 0 unspecified atom stereocenters. The van der Waals surface area contributed by atoms with E-state index < -0.39 is 11.6 Å². The number of phenols is 1. The Balaban J connectivity index is 2.63. The Hall–Kier alpha value is -1.69. The average Bonchev–Trinajstić information content (AvgIpc) is 2.35. The van der Waals surface area contributed by atoms with Crippen molar-refractivity contribution in [3.8, 4) is 17.1 Å². The number of hydrogen-bond acceptors (Lipinski definition) is 3. The van der Waals surface area contributed by atoms with Crippen molar-refractivity contribution in [2.45, 2.75) is 19.8 Å². The van der Waals surface area contributed by atoms with E-state index in [9.17, 15) is 9.18 Å². The lowest BCUT2D eigenvalue weighted by Crippen LogP contribution is -2.14. The topological polar surface area (TPSA) is 66.0 Å². The second-order valence-corrected chi connectivity index (χ2v) is 5.23. The van der Waals surface area contributed by atoms with Gasteiger partial charge in [0, 0.05) is 5.56 Å². The van der Waals surface area contributed by atoms with E-state index in [1.165, 1.54) is 12.1 Å². The molecule has 0 spiro atoms. The van der Waals surface area contributed by atoms with Gasteiger partial charge in [0.05, 0.1) is 5.69 Å². The first-order chi connectivity index (χ1) is 8.90. The summed E-state index contributed by atoms with van der Waals surface area (Å²) in [7, 11) is 0. The van der Waals surface area contributed by atoms with Gasteiger partial charge in [-0.15, -0.1) is 0 Å². The molecule has 100 valence electrons. The van der Waals surface area contributed by atoms with E-state index in [1.807, 2.05) is 13.8 Å². The Bertz CT molecular complexity index is 683. The Morgan fingerprint density at radius 2 is 2.11 bits per heavy atom. The van der Waals surface area contributed by atoms with E-state index in [1.54, 1.807) is 0 Å². The standard InChI is InChI=1S/C13H12BrFN2O2/c1-6(2)11-10(14)13(19)17-12(16-11)7-3-4-9(18)8(15)5-7/h3-6,18H,1-2H3,(H,16,17,19). The van der Waals surface area contributed by atoms with Crippen LogP contribution in [0.3, 0.4) is 0 Å². The maximum Gasteiger partial charge on any atom is 0.265 e. The Kier molecular flexibility index (Phi) is 3.71. The van der Waals surface area contributed by atoms with Crippen molar-refractivity contribution in [3.63, 3.8) is 0 Å². The van der Waals surface area contributed by atoms with Gasteiger partial charge < -0.3 is 10.1 Å². The predicted octanol–water partition coefficient (Wildman–Crippen LogP) is 3.17. The number of benzene rings is 1. The number of H-pyrrole nitrogens is 1. The van der Waals surface area contributed by atoms with Crippen LogP contribution in [0, 0.1) is 5.82 Å². The Morgan fingerprint density at radius 1 is 1.42 bits per heavy atom. The highest BCUT2D eigenvalue weighted by Crippen LogP contribution is 2.25. The lowest BCUT2D eigenvalue weighted by atomic mass is 10.1. The minimum atomic E-state index is -0.755. The van der Waals surface area contributed by atoms with Gasteiger partial charge >= 0.3 is 0 Å². The smallest absolute Gasteiger partial charge is 0.265 e. The predicted molar refractivity (Wildman–Crippen MR) is 73.7 cm³/mol. The van der Waals surface area contributed by atoms with Gasteiger partial charge in [-0.3, -0.25) is 4.79 Å². The monoisotopic (exact) mass is 326 g/mol. The third-order valence-electron chi connectivity index (χ3n) is 2.66. The van der Waals surface area contributed by atoms with E-state index in [0.717, 1.165) is 6.07 Å². The second-order valence-electron chi connectivity index (χ2n) is 4.43. The Labute approximate surface area is 117 Å². The minimum Gasteiger partial charge on any atom is -0.505 e. The number of aromatic amines is 1. The number of aromatic hydroxyl groups is 1. The van der Waals surface area contributed by atoms with Crippen LogP contribution in [0.2, 0.25) is 0 Å². The van der Waals surface area contributed by atoms with Gasteiger partial charge in [-0.2, -0.15) is 0 Å². The summed E-state index contributed by atoms with van der Waals surface area (Å²) in [5, 5.41) is 9.16. The second kappa shape index (κ2) is 5.13. The average molecular weight is 327 g/mol. The zero-order valence-electron chi connectivity index (χ0n) is 10.4. The molecule has 4 nitrogen and oxygen atoms in total. The molecule has 19 heavy (non-hydrogen) atoms. The molecule has 0 aliphatic rings. The molecule has 2 aromatic rings. The number of phenolic OH excluding ortho intramolecular Hbond substituents is 1. The molecule has 0 saturated heterocycles. The molecular formula is C13H12BrFN2O2. The van der Waals surface area contributed by atoms with Gasteiger partial charge in [0.1, 0.15) is 10.3 Å². The minimum absolute atomic E-state index is 0.0531. The number of nitrogens with zero attached hydrogens (tertiary/aromatic N) is 1. The summed E-state index contributed by atoms with van der Waals surface area (Å²) in [4.78, 5) is 18.7. The van der Waals surface area contributed by atoms with Crippen molar-refractivity contribution in [1.29, 1.82) is 0 Å². The number of halogens is 2. The molecule has 0 aliphatic heterocycles. The van der Waals surface area contributed by atoms with Crippen LogP contribution in [0.15, 0.2) is 27.5 Å². The quantitative estimate of drug-likeness (QED) is 0.890. The SMILES string of the molecule is CC(C)c1nc(-c2ccc(O)c(F)c2)[nH]c(=O)c1Br. The van der Waals surface area contributed by atoms with Crippen LogP contribution in [-0.4, -0.2) is 15.1 Å². The first-order valence-electron chi connectivity index (χ1n) is 5.68. The molecule has 0 aliphatic carbocycles. The molecule has 0 bridgehead atoms. The van der Waals surface area contributed by atoms with Crippen LogP contribution in [0.25, 0.3) is 11.4 Å². The lowest BCUT2D eigenvalue weighted by molar-refractivity contribution is 0.432. The highest BCUT2D eigenvalue weighted by molar-refractivity contribution is 9.10. The normalized spacial score (nSPS) is 11.0. The summed E-state index contributed by atoms with van der Waals surface area (Å²) < 4.78 is 13.7. The van der Waals surface area contributed by atoms with Crippen molar-refractivity contribution < 1.29 is 9.50 Å². The number of nitrogens with one attached hydrogen (secondary N) is 1. The molecule has 0 atom stereocenters. The third kappa shape index (κ3) is 2.68. The van der Waals surface area contributed by atoms with Crippen LogP contribution in [0.5, 0.6) is 5.75 Å². The summed E-state index contributed by atoms with van der Waals surface area (Å²) in [6.45, 7) is 3.82. The number of hydrogen-bond donors (Lipinski definition) is 2. The van der Waals surface area contributed by atoms with E-state index >= 15 is 0 Å². The molecule has 2 rings (SSSR count). The van der Waals surface area contributed by atoms with E-state index in [2.05, 4.69) is 25.9 Å². The summed E-state index contributed by atoms with van der Waals surface area (Å²) in [6, 6.07) is 3.85. The molecule has 0 amide bonds. The van der Waals surface area contributed by atoms with Crippen LogP contribution in [-0.2, 0) is 0 Å². The summed E-state index contributed by atoms with van der Waals surface area (Å²) in [5.74, 6) is -0.866. The fourth-order valence-electron chi connectivity index (χ4n) is 1.65. The largest absolute Gasteiger partial charge is 0.505 e. The maximum absolute atomic E-state index is 13.3. The molecule has 0 radical (unpaired) electrons. The van der Waals surface area contributed by atoms with Crippen LogP contribution < -0.4 is 5.56 Å². The summed E-state index contributed by atoms with van der Waals surface area (Å²) >= 11 is 3.19. The summed E-state index contributed by atoms with van der Waals surface area (Å²) in [5.41, 5.74) is 0.691. The fourth-order valence-corrected chi connectivity index (χ4v) is 2.30. The maximum atomic E-state index is 13.3. The van der Waals surface area contributed by atoms with Crippen molar-refractivity contribution in [1.82, 2.24) is 9.97 Å².